The Labute approximate surface area is 170 Å². The van der Waals surface area contributed by atoms with Gasteiger partial charge < -0.3 is 20.3 Å². The van der Waals surface area contributed by atoms with Crippen molar-refractivity contribution in [2.45, 2.75) is 90.4 Å². The van der Waals surface area contributed by atoms with E-state index in [9.17, 15) is 15.0 Å². The second kappa shape index (κ2) is 10.9. The molecule has 1 saturated heterocycles. The van der Waals surface area contributed by atoms with Crippen molar-refractivity contribution in [2.75, 3.05) is 13.7 Å². The van der Waals surface area contributed by atoms with E-state index in [1.807, 2.05) is 6.92 Å². The van der Waals surface area contributed by atoms with Gasteiger partial charge in [0.25, 0.3) is 0 Å². The second-order valence-electron chi connectivity index (χ2n) is 8.94. The number of methoxy groups -OCH3 is 1. The normalized spacial score (nSPS) is 42.9. The molecule has 0 spiro atoms. The van der Waals surface area contributed by atoms with Gasteiger partial charge in [-0.05, 0) is 37.5 Å². The number of amides is 1. The summed E-state index contributed by atoms with van der Waals surface area (Å²) in [4.78, 5) is 11.8. The van der Waals surface area contributed by atoms with Crippen LogP contribution in [0.4, 0.5) is 0 Å². The molecule has 1 aliphatic heterocycles. The van der Waals surface area contributed by atoms with Crippen molar-refractivity contribution in [1.29, 1.82) is 0 Å². The van der Waals surface area contributed by atoms with Gasteiger partial charge in [-0.3, -0.25) is 15.4 Å². The minimum absolute atomic E-state index is 0.00223. The number of nitrogens with one attached hydrogen (secondary N) is 3. The molecule has 1 amide bonds. The van der Waals surface area contributed by atoms with Crippen molar-refractivity contribution >= 4 is 5.91 Å². The fraction of sp³-hybridized carbons (Fsp3) is 0.952. The number of ether oxygens (including phenoxy) is 1. The number of aliphatic hydroxyl groups excluding tert-OH is 2. The van der Waals surface area contributed by atoms with E-state index in [2.05, 4.69) is 29.8 Å². The van der Waals surface area contributed by atoms with Gasteiger partial charge in [0.1, 0.15) is 12.5 Å². The minimum Gasteiger partial charge on any atom is -0.384 e. The van der Waals surface area contributed by atoms with Gasteiger partial charge in [0, 0.05) is 32.0 Å². The van der Waals surface area contributed by atoms with Crippen LogP contribution in [0.15, 0.2) is 0 Å². The molecule has 1 heterocycles. The quantitative estimate of drug-likeness (QED) is 0.487. The molecule has 7 heteroatoms. The number of aliphatic hydroxyl groups is 2. The van der Waals surface area contributed by atoms with Crippen LogP contribution in [0, 0.1) is 23.7 Å². The molecule has 1 saturated carbocycles. The van der Waals surface area contributed by atoms with E-state index >= 15 is 0 Å². The van der Waals surface area contributed by atoms with Crippen LogP contribution in [0.25, 0.3) is 0 Å². The lowest BCUT2D eigenvalue weighted by Crippen LogP contribution is -2.59. The third-order valence-electron chi connectivity index (χ3n) is 6.72. The van der Waals surface area contributed by atoms with Gasteiger partial charge in [0.15, 0.2) is 0 Å². The Morgan fingerprint density at radius 1 is 1.18 bits per heavy atom. The standard InChI is InChI=1S/C21H41N3O4/c1-6-16-12(2)8-7-9-15(11-28-5)19(23-14(4)25)21(27)22-13(3)20(26)24-18-10-17(16)18/h12-13,15-22,24,26-27H,6-11H2,1-5H3,(H,23,25)/t12-,13?,15?,16+,17-,18-,19-,20?,21+/m0/s1. The highest BCUT2D eigenvalue weighted by Gasteiger charge is 2.45. The number of carbonyl (C=O) groups is 1. The molecule has 0 aromatic carbocycles. The molecule has 2 aliphatic rings. The summed E-state index contributed by atoms with van der Waals surface area (Å²) in [5.41, 5.74) is 0. The van der Waals surface area contributed by atoms with Crippen LogP contribution < -0.4 is 16.0 Å². The van der Waals surface area contributed by atoms with Crippen molar-refractivity contribution in [1.82, 2.24) is 16.0 Å². The van der Waals surface area contributed by atoms with Crippen LogP contribution in [0.5, 0.6) is 0 Å². The molecule has 2 rings (SSSR count). The van der Waals surface area contributed by atoms with Crippen LogP contribution in [0.2, 0.25) is 0 Å². The van der Waals surface area contributed by atoms with E-state index in [1.54, 1.807) is 7.11 Å². The summed E-state index contributed by atoms with van der Waals surface area (Å²) in [5.74, 6) is 1.71. The van der Waals surface area contributed by atoms with Gasteiger partial charge in [0.05, 0.1) is 12.6 Å². The summed E-state index contributed by atoms with van der Waals surface area (Å²) >= 11 is 0. The highest BCUT2D eigenvalue weighted by atomic mass is 16.5. The molecule has 0 radical (unpaired) electrons. The highest BCUT2D eigenvalue weighted by Crippen LogP contribution is 2.44. The van der Waals surface area contributed by atoms with E-state index < -0.39 is 18.5 Å². The van der Waals surface area contributed by atoms with Crippen LogP contribution in [-0.2, 0) is 9.53 Å². The molecule has 2 fully saturated rings. The molecule has 0 aromatic heterocycles. The predicted octanol–water partition coefficient (Wildman–Crippen LogP) is 1.19. The monoisotopic (exact) mass is 399 g/mol. The van der Waals surface area contributed by atoms with Gasteiger partial charge >= 0.3 is 0 Å². The Balaban J connectivity index is 2.18. The fourth-order valence-electron chi connectivity index (χ4n) is 5.02. The van der Waals surface area contributed by atoms with Crippen LogP contribution in [-0.4, -0.2) is 60.4 Å². The molecule has 9 atom stereocenters. The maximum atomic E-state index is 11.8. The van der Waals surface area contributed by atoms with Crippen LogP contribution in [0.3, 0.4) is 0 Å². The Hall–Kier alpha value is -0.730. The lowest BCUT2D eigenvalue weighted by Gasteiger charge is -2.35. The summed E-state index contributed by atoms with van der Waals surface area (Å²) in [6, 6.07) is -0.476. The Morgan fingerprint density at radius 3 is 2.50 bits per heavy atom. The van der Waals surface area contributed by atoms with E-state index in [4.69, 9.17) is 4.74 Å². The Morgan fingerprint density at radius 2 is 1.89 bits per heavy atom. The maximum absolute atomic E-state index is 11.8. The number of carbonyl (C=O) groups excluding carboxylic acids is 1. The molecule has 28 heavy (non-hydrogen) atoms. The lowest BCUT2D eigenvalue weighted by atomic mass is 9.82. The van der Waals surface area contributed by atoms with Gasteiger partial charge in [-0.2, -0.15) is 0 Å². The lowest BCUT2D eigenvalue weighted by molar-refractivity contribution is -0.122. The van der Waals surface area contributed by atoms with E-state index in [1.165, 1.54) is 6.92 Å². The predicted molar refractivity (Wildman–Crippen MR) is 109 cm³/mol. The van der Waals surface area contributed by atoms with E-state index in [-0.39, 0.29) is 17.9 Å². The molecule has 1 aliphatic carbocycles. The van der Waals surface area contributed by atoms with Crippen molar-refractivity contribution < 1.29 is 19.7 Å². The van der Waals surface area contributed by atoms with Crippen molar-refractivity contribution in [2.24, 2.45) is 23.7 Å². The molecule has 5 N–H and O–H groups in total. The number of rotatable bonds is 4. The largest absolute Gasteiger partial charge is 0.384 e. The van der Waals surface area contributed by atoms with Crippen molar-refractivity contribution in [3.8, 4) is 0 Å². The van der Waals surface area contributed by atoms with Crippen LogP contribution in [0.1, 0.15) is 59.8 Å². The highest BCUT2D eigenvalue weighted by molar-refractivity contribution is 5.73. The second-order valence-corrected chi connectivity index (χ2v) is 8.94. The summed E-state index contributed by atoms with van der Waals surface area (Å²) in [6.07, 6.45) is 3.59. The Bertz CT molecular complexity index is 492. The van der Waals surface area contributed by atoms with Crippen molar-refractivity contribution in [3.63, 3.8) is 0 Å². The molecule has 164 valence electrons. The first kappa shape index (κ1) is 23.5. The first-order valence-electron chi connectivity index (χ1n) is 10.9. The summed E-state index contributed by atoms with van der Waals surface area (Å²) in [7, 11) is 1.65. The SMILES string of the molecule is CC[C@H]1[C@@H]2C[C@@H]2NC(O)C(C)N[C@H](O)[C@@H](NC(C)=O)C(COC)CCC[C@@H]1C. The first-order valence-corrected chi connectivity index (χ1v) is 10.9. The van der Waals surface area contributed by atoms with Crippen LogP contribution >= 0.6 is 0 Å². The number of hydrogen-bond donors (Lipinski definition) is 5. The van der Waals surface area contributed by atoms with Gasteiger partial charge in [-0.1, -0.05) is 33.1 Å². The van der Waals surface area contributed by atoms with Gasteiger partial charge in [-0.25, -0.2) is 0 Å². The topological polar surface area (TPSA) is 103 Å². The maximum Gasteiger partial charge on any atom is 0.217 e. The zero-order valence-electron chi connectivity index (χ0n) is 18.1. The molecule has 7 nitrogen and oxygen atoms in total. The van der Waals surface area contributed by atoms with E-state index in [0.717, 1.165) is 32.1 Å². The number of fused-ring (bicyclic) bond motifs is 1. The third-order valence-corrected chi connectivity index (χ3v) is 6.72. The average molecular weight is 400 g/mol. The summed E-state index contributed by atoms with van der Waals surface area (Å²) < 4.78 is 5.40. The summed E-state index contributed by atoms with van der Waals surface area (Å²) in [6.45, 7) is 8.37. The number of hydrogen-bond acceptors (Lipinski definition) is 6. The smallest absolute Gasteiger partial charge is 0.217 e. The minimum atomic E-state index is -0.964. The first-order chi connectivity index (χ1) is 13.3. The molecular weight excluding hydrogens is 358 g/mol. The zero-order chi connectivity index (χ0) is 20.8. The molecular formula is C21H41N3O4. The zero-order valence-corrected chi connectivity index (χ0v) is 18.1. The molecule has 3 unspecified atom stereocenters. The van der Waals surface area contributed by atoms with E-state index in [0.29, 0.717) is 30.4 Å². The van der Waals surface area contributed by atoms with Gasteiger partial charge in [-0.15, -0.1) is 0 Å². The molecule has 0 bridgehead atoms. The fourth-order valence-corrected chi connectivity index (χ4v) is 5.02. The Kier molecular flexibility index (Phi) is 9.15. The summed E-state index contributed by atoms with van der Waals surface area (Å²) in [5, 5.41) is 30.7. The average Bonchev–Trinajstić information content (AvgIpc) is 3.37. The van der Waals surface area contributed by atoms with Crippen molar-refractivity contribution in [3.05, 3.63) is 0 Å². The third kappa shape index (κ3) is 6.39. The molecule has 0 aromatic rings. The van der Waals surface area contributed by atoms with Gasteiger partial charge in [0.2, 0.25) is 5.91 Å².